The average molecular weight is 406 g/mol. The molecule has 0 fully saturated rings. The maximum atomic E-state index is 12.8. The van der Waals surface area contributed by atoms with E-state index in [1.54, 1.807) is 16.7 Å². The van der Waals surface area contributed by atoms with Gasteiger partial charge in [-0.15, -0.1) is 11.3 Å². The van der Waals surface area contributed by atoms with Crippen LogP contribution in [-0.2, 0) is 6.54 Å². The Bertz CT molecular complexity index is 1070. The second-order valence-corrected chi connectivity index (χ2v) is 7.55. The van der Waals surface area contributed by atoms with Gasteiger partial charge in [0.15, 0.2) is 5.69 Å². The monoisotopic (exact) mass is 405 g/mol. The smallest absolute Gasteiger partial charge is 0.330 e. The van der Waals surface area contributed by atoms with Crippen molar-refractivity contribution >= 4 is 40.1 Å². The summed E-state index contributed by atoms with van der Waals surface area (Å²) in [6.07, 6.45) is 1.59. The summed E-state index contributed by atoms with van der Waals surface area (Å²) in [5, 5.41) is 6.25. The van der Waals surface area contributed by atoms with Gasteiger partial charge in [-0.1, -0.05) is 13.3 Å². The first-order chi connectivity index (χ1) is 12.9. The van der Waals surface area contributed by atoms with Crippen molar-refractivity contribution in [1.29, 1.82) is 0 Å². The van der Waals surface area contributed by atoms with Crippen molar-refractivity contribution < 1.29 is 4.79 Å². The highest BCUT2D eigenvalue weighted by Crippen LogP contribution is 2.27. The van der Waals surface area contributed by atoms with Crippen LogP contribution in [0.3, 0.4) is 0 Å². The number of nitrogens with two attached hydrogens (primary N) is 1. The molecule has 0 aliphatic heterocycles. The molecule has 0 radical (unpaired) electrons. The number of hydrogen-bond donors (Lipinski definition) is 2. The van der Waals surface area contributed by atoms with Gasteiger partial charge in [0.05, 0.1) is 0 Å². The van der Waals surface area contributed by atoms with Crippen LogP contribution in [0.25, 0.3) is 10.6 Å². The first-order valence-corrected chi connectivity index (χ1v) is 10.1. The van der Waals surface area contributed by atoms with E-state index in [-0.39, 0.29) is 17.2 Å². The molecular weight excluding hydrogens is 386 g/mol. The molecule has 0 saturated carbocycles. The molecule has 10 heteroatoms. The molecule has 3 rings (SSSR count). The number of carbonyl (C=O) groups excluding carboxylic acids is 1. The number of aromatic amines is 1. The number of thiophene rings is 1. The van der Waals surface area contributed by atoms with Gasteiger partial charge in [-0.3, -0.25) is 19.1 Å². The van der Waals surface area contributed by atoms with Crippen molar-refractivity contribution in [2.75, 3.05) is 17.7 Å². The molecule has 0 spiro atoms. The lowest BCUT2D eigenvalue weighted by Gasteiger charge is -2.19. The molecule has 3 heterocycles. The summed E-state index contributed by atoms with van der Waals surface area (Å²) in [6, 6.07) is 1.92. The van der Waals surface area contributed by atoms with Crippen LogP contribution in [0.5, 0.6) is 0 Å². The number of unbranched alkanes of at least 4 members (excludes halogenated alkanes) is 1. The molecule has 0 unspecified atom stereocenters. The Morgan fingerprint density at radius 2 is 2.15 bits per heavy atom. The van der Waals surface area contributed by atoms with E-state index in [2.05, 4.69) is 9.97 Å². The van der Waals surface area contributed by atoms with E-state index in [1.807, 2.05) is 23.8 Å². The zero-order valence-corrected chi connectivity index (χ0v) is 16.5. The van der Waals surface area contributed by atoms with Crippen molar-refractivity contribution in [2.45, 2.75) is 26.3 Å². The summed E-state index contributed by atoms with van der Waals surface area (Å²) in [6.45, 7) is 2.35. The SMILES string of the molecule is CCCCn1c(N)c(N(C)C(=O)c2csc(-c3ccsc3)n2)c(=O)[nH]c1=O. The maximum Gasteiger partial charge on any atom is 0.330 e. The minimum absolute atomic E-state index is 0.0265. The van der Waals surface area contributed by atoms with E-state index in [0.717, 1.165) is 28.3 Å². The normalized spacial score (nSPS) is 10.9. The molecule has 0 atom stereocenters. The molecule has 0 aliphatic carbocycles. The lowest BCUT2D eigenvalue weighted by Crippen LogP contribution is -2.39. The number of hydrogen-bond acceptors (Lipinski definition) is 7. The third-order valence-electron chi connectivity index (χ3n) is 4.08. The van der Waals surface area contributed by atoms with Gasteiger partial charge < -0.3 is 10.6 Å². The topological polar surface area (TPSA) is 114 Å². The zero-order chi connectivity index (χ0) is 19.6. The number of thiazole rings is 1. The maximum absolute atomic E-state index is 12.8. The van der Waals surface area contributed by atoms with Crippen LogP contribution >= 0.6 is 22.7 Å². The summed E-state index contributed by atoms with van der Waals surface area (Å²) in [5.41, 5.74) is 5.88. The fourth-order valence-electron chi connectivity index (χ4n) is 2.60. The number of carbonyl (C=O) groups is 1. The van der Waals surface area contributed by atoms with Crippen molar-refractivity contribution in [3.05, 3.63) is 48.7 Å². The highest BCUT2D eigenvalue weighted by molar-refractivity contribution is 7.14. The quantitative estimate of drug-likeness (QED) is 0.653. The summed E-state index contributed by atoms with van der Waals surface area (Å²) in [5.74, 6) is -0.494. The second kappa shape index (κ2) is 7.89. The summed E-state index contributed by atoms with van der Waals surface area (Å²) < 4.78 is 1.28. The van der Waals surface area contributed by atoms with Gasteiger partial charge in [-0.25, -0.2) is 9.78 Å². The molecule has 0 aliphatic rings. The van der Waals surface area contributed by atoms with Crippen molar-refractivity contribution in [3.8, 4) is 10.6 Å². The molecule has 0 aromatic carbocycles. The number of rotatable bonds is 6. The number of amides is 1. The number of nitrogen functional groups attached to an aromatic ring is 1. The predicted octanol–water partition coefficient (Wildman–Crippen LogP) is 2.38. The average Bonchev–Trinajstić information content (AvgIpc) is 3.32. The van der Waals surface area contributed by atoms with E-state index in [9.17, 15) is 14.4 Å². The second-order valence-electron chi connectivity index (χ2n) is 5.91. The molecule has 142 valence electrons. The number of aromatic nitrogens is 3. The first kappa shape index (κ1) is 19.1. The Labute approximate surface area is 162 Å². The highest BCUT2D eigenvalue weighted by Gasteiger charge is 2.23. The Morgan fingerprint density at radius 1 is 1.37 bits per heavy atom. The van der Waals surface area contributed by atoms with Gasteiger partial charge in [-0.2, -0.15) is 11.3 Å². The number of nitrogens with zero attached hydrogens (tertiary/aromatic N) is 3. The highest BCUT2D eigenvalue weighted by atomic mass is 32.1. The van der Waals surface area contributed by atoms with Gasteiger partial charge in [0, 0.05) is 29.9 Å². The summed E-state index contributed by atoms with van der Waals surface area (Å²) in [4.78, 5) is 44.9. The van der Waals surface area contributed by atoms with Gasteiger partial charge in [-0.05, 0) is 17.9 Å². The van der Waals surface area contributed by atoms with Crippen LogP contribution in [-0.4, -0.2) is 27.5 Å². The molecule has 27 heavy (non-hydrogen) atoms. The lowest BCUT2D eigenvalue weighted by molar-refractivity contribution is 0.0988. The molecule has 0 saturated heterocycles. The van der Waals surface area contributed by atoms with Crippen molar-refractivity contribution in [1.82, 2.24) is 14.5 Å². The van der Waals surface area contributed by atoms with E-state index in [4.69, 9.17) is 5.73 Å². The lowest BCUT2D eigenvalue weighted by atomic mass is 10.3. The fraction of sp³-hybridized carbons (Fsp3) is 0.294. The van der Waals surface area contributed by atoms with Gasteiger partial charge in [0.1, 0.15) is 16.5 Å². The van der Waals surface area contributed by atoms with E-state index in [1.165, 1.54) is 23.0 Å². The van der Waals surface area contributed by atoms with Crippen LogP contribution in [0.4, 0.5) is 11.5 Å². The molecule has 3 aromatic rings. The van der Waals surface area contributed by atoms with Crippen LogP contribution in [0.2, 0.25) is 0 Å². The minimum Gasteiger partial charge on any atom is -0.383 e. The predicted molar refractivity (Wildman–Crippen MR) is 109 cm³/mol. The molecule has 3 N–H and O–H groups in total. The van der Waals surface area contributed by atoms with Crippen molar-refractivity contribution in [2.24, 2.45) is 0 Å². The Morgan fingerprint density at radius 3 is 2.81 bits per heavy atom. The van der Waals surface area contributed by atoms with Crippen LogP contribution in [0, 0.1) is 0 Å². The number of anilines is 2. The Balaban J connectivity index is 1.95. The summed E-state index contributed by atoms with van der Waals surface area (Å²) >= 11 is 2.89. The third kappa shape index (κ3) is 3.71. The first-order valence-electron chi connectivity index (χ1n) is 8.32. The summed E-state index contributed by atoms with van der Waals surface area (Å²) in [7, 11) is 1.45. The largest absolute Gasteiger partial charge is 0.383 e. The molecule has 0 bridgehead atoms. The molecule has 8 nitrogen and oxygen atoms in total. The van der Waals surface area contributed by atoms with Crippen LogP contribution < -0.4 is 21.9 Å². The van der Waals surface area contributed by atoms with Gasteiger partial charge >= 0.3 is 5.69 Å². The van der Waals surface area contributed by atoms with E-state index < -0.39 is 17.2 Å². The van der Waals surface area contributed by atoms with E-state index >= 15 is 0 Å². The standard InChI is InChI=1S/C17H19N5O3S2/c1-3-4-6-22-13(18)12(14(23)20-17(22)25)21(2)16(24)11-9-27-15(19-11)10-5-7-26-8-10/h5,7-9H,3-4,6,18H2,1-2H3,(H,20,23,25). The van der Waals surface area contributed by atoms with E-state index in [0.29, 0.717) is 6.54 Å². The Kier molecular flexibility index (Phi) is 5.57. The fourth-order valence-corrected chi connectivity index (χ4v) is 4.11. The van der Waals surface area contributed by atoms with Crippen LogP contribution in [0.15, 0.2) is 31.8 Å². The molecular formula is C17H19N5O3S2. The van der Waals surface area contributed by atoms with Gasteiger partial charge in [0.25, 0.3) is 11.5 Å². The van der Waals surface area contributed by atoms with Crippen molar-refractivity contribution in [3.63, 3.8) is 0 Å². The number of H-pyrrole nitrogens is 1. The molecule has 3 aromatic heterocycles. The number of nitrogens with one attached hydrogen (secondary N) is 1. The Hall–Kier alpha value is -2.72. The molecule has 1 amide bonds. The third-order valence-corrected chi connectivity index (χ3v) is 5.66. The van der Waals surface area contributed by atoms with Crippen LogP contribution in [0.1, 0.15) is 30.3 Å². The van der Waals surface area contributed by atoms with Gasteiger partial charge in [0.2, 0.25) is 0 Å². The zero-order valence-electron chi connectivity index (χ0n) is 14.9. The minimum atomic E-state index is -0.700.